The van der Waals surface area contributed by atoms with Gasteiger partial charge in [0, 0.05) is 63.2 Å². The van der Waals surface area contributed by atoms with Crippen LogP contribution in [0.15, 0.2) is 42.5 Å². The second-order valence-electron chi connectivity index (χ2n) is 11.7. The van der Waals surface area contributed by atoms with Gasteiger partial charge in [-0.3, -0.25) is 9.69 Å². The smallest absolute Gasteiger partial charge is 0.321 e. The lowest BCUT2D eigenvalue weighted by molar-refractivity contribution is -0.138. The number of ether oxygens (including phenoxy) is 1. The number of benzene rings is 1. The monoisotopic (exact) mass is 562 g/mol. The number of amides is 3. The van der Waals surface area contributed by atoms with E-state index in [0.717, 1.165) is 114 Å². The first-order valence-corrected chi connectivity index (χ1v) is 15.5. The Bertz CT molecular complexity index is 1140. The van der Waals surface area contributed by atoms with E-state index >= 15 is 0 Å². The van der Waals surface area contributed by atoms with Crippen LogP contribution in [0, 0.1) is 12.8 Å². The zero-order valence-electron chi connectivity index (χ0n) is 24.8. The molecule has 0 spiro atoms. The van der Waals surface area contributed by atoms with Crippen molar-refractivity contribution in [3.05, 3.63) is 48.2 Å². The molecule has 3 amide bonds. The van der Waals surface area contributed by atoms with Crippen molar-refractivity contribution in [2.24, 2.45) is 5.92 Å². The van der Waals surface area contributed by atoms with Crippen LogP contribution in [-0.4, -0.2) is 96.6 Å². The fourth-order valence-corrected chi connectivity index (χ4v) is 6.26. The van der Waals surface area contributed by atoms with Crippen LogP contribution in [0.1, 0.15) is 51.1 Å². The number of likely N-dealkylation sites (tertiary alicyclic amines) is 2. The van der Waals surface area contributed by atoms with E-state index in [9.17, 15) is 9.59 Å². The minimum absolute atomic E-state index is 0.0465. The number of nitrogens with one attached hydrogen (secondary N) is 1. The number of carbonyl (C=O) groups is 2. The maximum absolute atomic E-state index is 13.5. The zero-order valence-corrected chi connectivity index (χ0v) is 24.8. The minimum Gasteiger partial charge on any atom is -0.494 e. The van der Waals surface area contributed by atoms with Crippen molar-refractivity contribution in [2.45, 2.75) is 58.4 Å². The predicted octanol–water partition coefficient (Wildman–Crippen LogP) is 4.63. The van der Waals surface area contributed by atoms with Gasteiger partial charge in [0.15, 0.2) is 0 Å². The fraction of sp³-hybridized carbons (Fsp3) is 0.594. The number of carbonyl (C=O) groups excluding carboxylic acids is 2. The molecule has 222 valence electrons. The number of unbranched alkanes of at least 4 members (excludes halogenated alkanes) is 1. The normalized spacial score (nSPS) is 20.6. The summed E-state index contributed by atoms with van der Waals surface area (Å²) < 4.78 is 5.72. The number of nitrogens with zero attached hydrogens (tertiary/aromatic N) is 5. The van der Waals surface area contributed by atoms with Crippen LogP contribution < -0.4 is 15.0 Å². The summed E-state index contributed by atoms with van der Waals surface area (Å²) in [5.74, 6) is 2.22. The van der Waals surface area contributed by atoms with E-state index in [1.165, 1.54) is 0 Å². The highest BCUT2D eigenvalue weighted by Gasteiger charge is 2.35. The number of rotatable bonds is 8. The van der Waals surface area contributed by atoms with Gasteiger partial charge in [-0.15, -0.1) is 0 Å². The van der Waals surface area contributed by atoms with Gasteiger partial charge in [-0.2, -0.15) is 0 Å². The Morgan fingerprint density at radius 2 is 1.68 bits per heavy atom. The molecule has 2 aromatic rings. The zero-order chi connectivity index (χ0) is 28.6. The number of urea groups is 1. The van der Waals surface area contributed by atoms with Gasteiger partial charge in [-0.05, 0) is 82.0 Å². The first kappa shape index (κ1) is 29.2. The molecule has 5 rings (SSSR count). The molecule has 41 heavy (non-hydrogen) atoms. The third-order valence-electron chi connectivity index (χ3n) is 8.73. The molecule has 1 N–H and O–H groups in total. The second kappa shape index (κ2) is 14.0. The van der Waals surface area contributed by atoms with Crippen molar-refractivity contribution in [1.82, 2.24) is 19.7 Å². The van der Waals surface area contributed by atoms with Gasteiger partial charge in [-0.1, -0.05) is 19.4 Å². The van der Waals surface area contributed by atoms with Crippen LogP contribution in [0.4, 0.5) is 16.3 Å². The molecule has 9 nitrogen and oxygen atoms in total. The molecule has 1 atom stereocenters. The van der Waals surface area contributed by atoms with Gasteiger partial charge in [-0.25, -0.2) is 9.78 Å². The maximum Gasteiger partial charge on any atom is 0.321 e. The Hall–Kier alpha value is -3.33. The quantitative estimate of drug-likeness (QED) is 0.473. The van der Waals surface area contributed by atoms with E-state index < -0.39 is 0 Å². The topological polar surface area (TPSA) is 81.2 Å². The summed E-state index contributed by atoms with van der Waals surface area (Å²) in [6.45, 7) is 11.4. The molecule has 0 radical (unpaired) electrons. The highest BCUT2D eigenvalue weighted by Crippen LogP contribution is 2.26. The molecule has 3 fully saturated rings. The summed E-state index contributed by atoms with van der Waals surface area (Å²) in [6.07, 6.45) is 6.06. The minimum atomic E-state index is -0.0465. The Morgan fingerprint density at radius 1 is 0.927 bits per heavy atom. The molecule has 9 heteroatoms. The Kier molecular flexibility index (Phi) is 9.98. The fourth-order valence-electron chi connectivity index (χ4n) is 6.26. The lowest BCUT2D eigenvalue weighted by atomic mass is 9.92. The second-order valence-corrected chi connectivity index (χ2v) is 11.7. The van der Waals surface area contributed by atoms with Crippen molar-refractivity contribution in [1.29, 1.82) is 0 Å². The summed E-state index contributed by atoms with van der Waals surface area (Å²) in [7, 11) is 0. The van der Waals surface area contributed by atoms with Crippen LogP contribution in [0.5, 0.6) is 5.75 Å². The lowest BCUT2D eigenvalue weighted by Crippen LogP contribution is -2.55. The van der Waals surface area contributed by atoms with E-state index in [1.807, 2.05) is 48.2 Å². The van der Waals surface area contributed by atoms with Gasteiger partial charge in [0.05, 0.1) is 12.5 Å². The molecule has 3 saturated heterocycles. The van der Waals surface area contributed by atoms with E-state index in [0.29, 0.717) is 18.6 Å². The molecule has 1 aromatic heterocycles. The number of hydrogen-bond donors (Lipinski definition) is 1. The Labute approximate surface area is 244 Å². The summed E-state index contributed by atoms with van der Waals surface area (Å²) in [6, 6.07) is 14.1. The number of piperidine rings is 2. The Balaban J connectivity index is 1.05. The maximum atomic E-state index is 13.5. The van der Waals surface area contributed by atoms with Crippen LogP contribution >= 0.6 is 0 Å². The first-order chi connectivity index (χ1) is 20.0. The summed E-state index contributed by atoms with van der Waals surface area (Å²) in [5.41, 5.74) is 1.81. The third-order valence-corrected chi connectivity index (χ3v) is 8.73. The molecule has 0 aliphatic carbocycles. The van der Waals surface area contributed by atoms with Gasteiger partial charge < -0.3 is 24.8 Å². The molecule has 0 saturated carbocycles. The van der Waals surface area contributed by atoms with Gasteiger partial charge >= 0.3 is 6.03 Å². The van der Waals surface area contributed by atoms with Crippen molar-refractivity contribution in [2.75, 3.05) is 69.2 Å². The molecule has 3 aliphatic heterocycles. The summed E-state index contributed by atoms with van der Waals surface area (Å²) in [4.78, 5) is 39.8. The first-order valence-electron chi connectivity index (χ1n) is 15.5. The van der Waals surface area contributed by atoms with Gasteiger partial charge in [0.1, 0.15) is 11.6 Å². The van der Waals surface area contributed by atoms with Gasteiger partial charge in [0.25, 0.3) is 0 Å². The highest BCUT2D eigenvalue weighted by molar-refractivity contribution is 5.89. The number of anilines is 2. The third kappa shape index (κ3) is 7.70. The van der Waals surface area contributed by atoms with Crippen molar-refractivity contribution < 1.29 is 14.3 Å². The molecule has 0 bridgehead atoms. The average molecular weight is 563 g/mol. The molecule has 1 aromatic carbocycles. The number of aromatic nitrogens is 1. The largest absolute Gasteiger partial charge is 0.494 e. The van der Waals surface area contributed by atoms with E-state index in [1.54, 1.807) is 0 Å². The SMILES string of the molecule is CCCCOc1ccc(NC(=O)N2CCC(N3CCCC(C(=O)N4CCN(c5cccc(C)n5)CC4)C3)CC2)cc1. The molecule has 1 unspecified atom stereocenters. The Morgan fingerprint density at radius 3 is 2.39 bits per heavy atom. The average Bonchev–Trinajstić information content (AvgIpc) is 3.02. The summed E-state index contributed by atoms with van der Waals surface area (Å²) >= 11 is 0. The van der Waals surface area contributed by atoms with Crippen molar-refractivity contribution in [3.63, 3.8) is 0 Å². The molecular weight excluding hydrogens is 516 g/mol. The van der Waals surface area contributed by atoms with E-state index in [4.69, 9.17) is 4.74 Å². The lowest BCUT2D eigenvalue weighted by Gasteiger charge is -2.43. The molecular formula is C32H46N6O3. The van der Waals surface area contributed by atoms with Crippen molar-refractivity contribution in [3.8, 4) is 5.75 Å². The van der Waals surface area contributed by atoms with Gasteiger partial charge in [0.2, 0.25) is 5.91 Å². The molecule has 4 heterocycles. The number of aryl methyl sites for hydroxylation is 1. The number of pyridine rings is 1. The summed E-state index contributed by atoms with van der Waals surface area (Å²) in [5, 5.41) is 3.04. The van der Waals surface area contributed by atoms with Crippen molar-refractivity contribution >= 4 is 23.4 Å². The van der Waals surface area contributed by atoms with Crippen LogP contribution in [-0.2, 0) is 4.79 Å². The van der Waals surface area contributed by atoms with E-state index in [2.05, 4.69) is 38.0 Å². The van der Waals surface area contributed by atoms with Crippen LogP contribution in [0.2, 0.25) is 0 Å². The number of piperazine rings is 1. The molecule has 3 aliphatic rings. The van der Waals surface area contributed by atoms with E-state index in [-0.39, 0.29) is 11.9 Å². The highest BCUT2D eigenvalue weighted by atomic mass is 16.5. The van der Waals surface area contributed by atoms with Crippen LogP contribution in [0.25, 0.3) is 0 Å². The standard InChI is InChI=1S/C32H46N6O3/c1-3-4-23-41-29-12-10-27(11-13-29)34-32(40)37-17-14-28(15-18-37)38-16-6-8-26(24-38)31(39)36-21-19-35(20-22-36)30-9-5-7-25(2)33-30/h5,7,9-13,26,28H,3-4,6,8,14-24H2,1-2H3,(H,34,40). The predicted molar refractivity (Wildman–Crippen MR) is 163 cm³/mol. The number of hydrogen-bond acceptors (Lipinski definition) is 6. The van der Waals surface area contributed by atoms with Crippen LogP contribution in [0.3, 0.4) is 0 Å².